The Kier molecular flexibility index (Phi) is 9.36. The lowest BCUT2D eigenvalue weighted by atomic mass is 9.86. The van der Waals surface area contributed by atoms with Crippen molar-refractivity contribution >= 4 is 17.8 Å². The van der Waals surface area contributed by atoms with E-state index in [1.54, 1.807) is 39.2 Å². The number of rotatable bonds is 11. The zero-order valence-corrected chi connectivity index (χ0v) is 24.5. The first-order chi connectivity index (χ1) is 19.6. The van der Waals surface area contributed by atoms with Crippen molar-refractivity contribution in [2.24, 2.45) is 0 Å². The van der Waals surface area contributed by atoms with Gasteiger partial charge in [-0.1, -0.05) is 44.2 Å². The average Bonchev–Trinajstić information content (AvgIpc) is 2.96. The molecule has 10 heteroatoms. The lowest BCUT2D eigenvalue weighted by Gasteiger charge is -2.44. The fourth-order valence-corrected chi connectivity index (χ4v) is 5.53. The number of hydrogen-bond acceptors (Lipinski definition) is 7. The third-order valence-corrected chi connectivity index (χ3v) is 8.23. The number of ether oxygens (including phenoxy) is 3. The number of para-hydroxylation sites is 1. The maximum atomic E-state index is 13.6. The zero-order chi connectivity index (χ0) is 29.8. The molecule has 10 nitrogen and oxygen atoms in total. The van der Waals surface area contributed by atoms with E-state index >= 15 is 0 Å². The third kappa shape index (κ3) is 6.39. The molecule has 1 saturated heterocycles. The molecule has 2 amide bonds. The van der Waals surface area contributed by atoms with Gasteiger partial charge in [0, 0.05) is 23.8 Å². The molecule has 0 radical (unpaired) electrons. The summed E-state index contributed by atoms with van der Waals surface area (Å²) in [6, 6.07) is 13.0. The number of guanidine groups is 1. The predicted molar refractivity (Wildman–Crippen MR) is 155 cm³/mol. The number of hydrogen-bond donors (Lipinski definition) is 4. The molecular formula is C31H42N4O6. The Morgan fingerprint density at radius 1 is 1.20 bits per heavy atom. The first-order valence-electron chi connectivity index (χ1n) is 14.2. The topological polar surface area (TPSA) is 133 Å². The first kappa shape index (κ1) is 30.5. The number of methoxy groups -OCH3 is 1. The van der Waals surface area contributed by atoms with Crippen molar-refractivity contribution < 1.29 is 28.9 Å². The molecule has 0 aliphatic carbocycles. The molecular weight excluding hydrogens is 524 g/mol. The number of fused-ring (bicyclic) bond motifs is 1. The van der Waals surface area contributed by atoms with Gasteiger partial charge < -0.3 is 30.0 Å². The molecule has 41 heavy (non-hydrogen) atoms. The number of aliphatic hydroxyl groups is 1. The van der Waals surface area contributed by atoms with Gasteiger partial charge in [-0.25, -0.2) is 0 Å². The summed E-state index contributed by atoms with van der Waals surface area (Å²) in [6.07, 6.45) is 0.706. The molecule has 2 aromatic rings. The number of nitrogens with one attached hydrogen (secondary N) is 3. The van der Waals surface area contributed by atoms with Crippen molar-refractivity contribution in [2.75, 3.05) is 26.9 Å². The van der Waals surface area contributed by atoms with Crippen LogP contribution in [0, 0.1) is 5.41 Å². The molecule has 4 N–H and O–H groups in total. The Labute approximate surface area is 241 Å². The molecule has 222 valence electrons. The van der Waals surface area contributed by atoms with E-state index in [0.29, 0.717) is 48.5 Å². The number of aliphatic hydroxyl groups excluding tert-OH is 1. The third-order valence-electron chi connectivity index (χ3n) is 8.23. The average molecular weight is 567 g/mol. The van der Waals surface area contributed by atoms with Crippen LogP contribution in [0.15, 0.2) is 48.5 Å². The van der Waals surface area contributed by atoms with Crippen LogP contribution in [0.2, 0.25) is 0 Å². The quantitative estimate of drug-likeness (QED) is 0.305. The van der Waals surface area contributed by atoms with E-state index in [0.717, 1.165) is 0 Å². The SMILES string of the molecule is CCC1(CC)CC(=O)N([C@H](COCCOC)c2cccc(C(=O)N[C@@H]3c4ccccc4OC(C)(C)[C@H]3O)c2)C(=N)N1. The van der Waals surface area contributed by atoms with Gasteiger partial charge >= 0.3 is 0 Å². The smallest absolute Gasteiger partial charge is 0.251 e. The molecule has 3 atom stereocenters. The minimum atomic E-state index is -0.985. The van der Waals surface area contributed by atoms with E-state index in [4.69, 9.17) is 19.6 Å². The van der Waals surface area contributed by atoms with Crippen LogP contribution in [0.4, 0.5) is 0 Å². The van der Waals surface area contributed by atoms with E-state index in [2.05, 4.69) is 10.6 Å². The molecule has 2 aromatic carbocycles. The summed E-state index contributed by atoms with van der Waals surface area (Å²) in [4.78, 5) is 28.5. The normalized spacial score (nSPS) is 21.9. The molecule has 0 bridgehead atoms. The van der Waals surface area contributed by atoms with Crippen LogP contribution < -0.4 is 15.4 Å². The second kappa shape index (κ2) is 12.6. The summed E-state index contributed by atoms with van der Waals surface area (Å²) >= 11 is 0. The maximum Gasteiger partial charge on any atom is 0.251 e. The fraction of sp³-hybridized carbons (Fsp3) is 0.516. The number of carbonyl (C=O) groups is 2. The number of carbonyl (C=O) groups excluding carboxylic acids is 2. The summed E-state index contributed by atoms with van der Waals surface area (Å²) in [5.41, 5.74) is 0.347. The van der Waals surface area contributed by atoms with Gasteiger partial charge in [-0.3, -0.25) is 19.9 Å². The van der Waals surface area contributed by atoms with Crippen LogP contribution in [-0.4, -0.2) is 72.0 Å². The number of nitrogens with zero attached hydrogens (tertiary/aromatic N) is 1. The van der Waals surface area contributed by atoms with Crippen molar-refractivity contribution in [1.29, 1.82) is 5.41 Å². The highest BCUT2D eigenvalue weighted by molar-refractivity contribution is 6.00. The van der Waals surface area contributed by atoms with Gasteiger partial charge in [0.1, 0.15) is 17.5 Å². The minimum absolute atomic E-state index is 0.0179. The predicted octanol–water partition coefficient (Wildman–Crippen LogP) is 3.71. The Balaban J connectivity index is 1.62. The summed E-state index contributed by atoms with van der Waals surface area (Å²) in [5.74, 6) is 0.0812. The standard InChI is InChI=1S/C31H42N4O6/c1-6-31(7-2)18-25(36)35(29(32)34-31)23(19-40-16-15-39-5)20-11-10-12-21(17-20)28(38)33-26-22-13-8-9-14-24(22)41-30(3,4)27(26)37/h8-14,17,23,26-27,37H,6-7,15-16,18-19H2,1-5H3,(H2,32,34)(H,33,38)/t23-,26-,27+/m1/s1. The highest BCUT2D eigenvalue weighted by Crippen LogP contribution is 2.40. The van der Waals surface area contributed by atoms with Crippen LogP contribution in [0.25, 0.3) is 0 Å². The van der Waals surface area contributed by atoms with Gasteiger partial charge in [0.05, 0.1) is 38.3 Å². The van der Waals surface area contributed by atoms with Crippen molar-refractivity contribution in [3.05, 3.63) is 65.2 Å². The largest absolute Gasteiger partial charge is 0.485 e. The molecule has 2 aliphatic rings. The highest BCUT2D eigenvalue weighted by Gasteiger charge is 2.44. The van der Waals surface area contributed by atoms with E-state index in [9.17, 15) is 14.7 Å². The van der Waals surface area contributed by atoms with E-state index in [1.807, 2.05) is 44.2 Å². The molecule has 2 heterocycles. The molecule has 0 spiro atoms. The van der Waals surface area contributed by atoms with Gasteiger partial charge in [0.2, 0.25) is 5.91 Å². The fourth-order valence-electron chi connectivity index (χ4n) is 5.53. The lowest BCUT2D eigenvalue weighted by molar-refractivity contribution is -0.134. The Morgan fingerprint density at radius 2 is 1.93 bits per heavy atom. The van der Waals surface area contributed by atoms with Crippen LogP contribution in [-0.2, 0) is 14.3 Å². The van der Waals surface area contributed by atoms with E-state index in [1.165, 1.54) is 4.90 Å². The molecule has 4 rings (SSSR count). The zero-order valence-electron chi connectivity index (χ0n) is 24.5. The van der Waals surface area contributed by atoms with Crippen molar-refractivity contribution in [3.63, 3.8) is 0 Å². The summed E-state index contributed by atoms with van der Waals surface area (Å²) in [6.45, 7) is 8.41. The van der Waals surface area contributed by atoms with Gasteiger partial charge in [-0.05, 0) is 50.5 Å². The van der Waals surface area contributed by atoms with Crippen molar-refractivity contribution in [3.8, 4) is 5.75 Å². The van der Waals surface area contributed by atoms with E-state index < -0.39 is 29.3 Å². The maximum absolute atomic E-state index is 13.6. The first-order valence-corrected chi connectivity index (χ1v) is 14.2. The Bertz CT molecular complexity index is 1240. The van der Waals surface area contributed by atoms with Crippen LogP contribution in [0.3, 0.4) is 0 Å². The highest BCUT2D eigenvalue weighted by atomic mass is 16.5. The molecule has 1 fully saturated rings. The van der Waals surface area contributed by atoms with Crippen LogP contribution in [0.5, 0.6) is 5.75 Å². The number of amides is 2. The second-order valence-corrected chi connectivity index (χ2v) is 11.2. The van der Waals surface area contributed by atoms with E-state index in [-0.39, 0.29) is 30.8 Å². The number of benzene rings is 2. The minimum Gasteiger partial charge on any atom is -0.485 e. The molecule has 0 aromatic heterocycles. The summed E-state index contributed by atoms with van der Waals surface area (Å²) in [7, 11) is 1.58. The van der Waals surface area contributed by atoms with Crippen LogP contribution >= 0.6 is 0 Å². The Hall–Kier alpha value is -3.47. The van der Waals surface area contributed by atoms with Crippen LogP contribution in [0.1, 0.15) is 80.5 Å². The molecule has 0 unspecified atom stereocenters. The van der Waals surface area contributed by atoms with Gasteiger partial charge in [-0.15, -0.1) is 0 Å². The Morgan fingerprint density at radius 3 is 2.61 bits per heavy atom. The lowest BCUT2D eigenvalue weighted by Crippen LogP contribution is -2.62. The second-order valence-electron chi connectivity index (χ2n) is 11.2. The molecule has 2 aliphatic heterocycles. The summed E-state index contributed by atoms with van der Waals surface area (Å²) in [5, 5.41) is 26.1. The van der Waals surface area contributed by atoms with Crippen molar-refractivity contribution in [2.45, 2.75) is 76.3 Å². The van der Waals surface area contributed by atoms with Gasteiger partial charge in [-0.2, -0.15) is 0 Å². The monoisotopic (exact) mass is 566 g/mol. The summed E-state index contributed by atoms with van der Waals surface area (Å²) < 4.78 is 16.9. The van der Waals surface area contributed by atoms with Crippen molar-refractivity contribution in [1.82, 2.24) is 15.5 Å². The van der Waals surface area contributed by atoms with Gasteiger partial charge in [0.25, 0.3) is 5.91 Å². The van der Waals surface area contributed by atoms with Gasteiger partial charge in [0.15, 0.2) is 5.96 Å². The molecule has 0 saturated carbocycles.